The molecule has 0 aliphatic heterocycles. The molecule has 0 saturated heterocycles. The average Bonchev–Trinajstić information content (AvgIpc) is 2.64. The lowest BCUT2D eigenvalue weighted by Gasteiger charge is -2.20. The number of hydrazone groups is 1. The molecule has 3 heteroatoms. The molecule has 0 fully saturated rings. The van der Waals surface area contributed by atoms with Crippen LogP contribution in [0.3, 0.4) is 0 Å². The van der Waals surface area contributed by atoms with E-state index < -0.39 is 0 Å². The van der Waals surface area contributed by atoms with Crippen molar-refractivity contribution >= 4 is 28.4 Å². The third-order valence-electron chi connectivity index (χ3n) is 4.21. The van der Waals surface area contributed by atoms with E-state index in [4.69, 9.17) is 0 Å². The predicted octanol–water partition coefficient (Wildman–Crippen LogP) is 5.13. The zero-order valence-electron chi connectivity index (χ0n) is 14.2. The van der Waals surface area contributed by atoms with E-state index in [1.54, 1.807) is 0 Å². The second kappa shape index (κ2) is 7.64. The standard InChI is InChI=1S/C21H23N3/c1-3-24(4-2)19-14-12-17(13-15-19)16-22-23-21-11-7-9-18-8-5-6-10-20(18)21/h5-16,23H,3-4H2,1-2H3. The monoisotopic (exact) mass is 317 g/mol. The molecule has 0 unspecified atom stereocenters. The van der Waals surface area contributed by atoms with E-state index in [1.807, 2.05) is 30.5 Å². The van der Waals surface area contributed by atoms with Crippen molar-refractivity contribution in [3.8, 4) is 0 Å². The summed E-state index contributed by atoms with van der Waals surface area (Å²) in [6, 6.07) is 23.0. The molecular weight excluding hydrogens is 294 g/mol. The highest BCUT2D eigenvalue weighted by Gasteiger charge is 2.01. The Hall–Kier alpha value is -2.81. The lowest BCUT2D eigenvalue weighted by molar-refractivity contribution is 0.866. The van der Waals surface area contributed by atoms with E-state index in [-0.39, 0.29) is 0 Å². The molecule has 0 aromatic heterocycles. The van der Waals surface area contributed by atoms with Crippen molar-refractivity contribution in [2.75, 3.05) is 23.4 Å². The Morgan fingerprint density at radius 2 is 1.58 bits per heavy atom. The molecule has 3 rings (SSSR count). The second-order valence-electron chi connectivity index (χ2n) is 5.66. The molecular formula is C21H23N3. The largest absolute Gasteiger partial charge is 0.372 e. The molecule has 122 valence electrons. The number of hydrogen-bond acceptors (Lipinski definition) is 3. The van der Waals surface area contributed by atoms with Crippen LogP contribution in [0.15, 0.2) is 71.8 Å². The Kier molecular flexibility index (Phi) is 5.12. The van der Waals surface area contributed by atoms with E-state index in [9.17, 15) is 0 Å². The molecule has 0 spiro atoms. The lowest BCUT2D eigenvalue weighted by Crippen LogP contribution is -2.21. The summed E-state index contributed by atoms with van der Waals surface area (Å²) < 4.78 is 0. The molecule has 3 nitrogen and oxygen atoms in total. The average molecular weight is 317 g/mol. The summed E-state index contributed by atoms with van der Waals surface area (Å²) in [5.74, 6) is 0. The van der Waals surface area contributed by atoms with Crippen LogP contribution in [0.25, 0.3) is 10.8 Å². The van der Waals surface area contributed by atoms with Gasteiger partial charge >= 0.3 is 0 Å². The van der Waals surface area contributed by atoms with Gasteiger partial charge in [0.1, 0.15) is 0 Å². The Morgan fingerprint density at radius 1 is 0.875 bits per heavy atom. The van der Waals surface area contributed by atoms with Crippen molar-refractivity contribution in [3.05, 3.63) is 72.3 Å². The Labute approximate surface area is 143 Å². The van der Waals surface area contributed by atoms with E-state index in [1.165, 1.54) is 16.5 Å². The molecule has 3 aromatic rings. The fourth-order valence-electron chi connectivity index (χ4n) is 2.86. The van der Waals surface area contributed by atoms with Crippen LogP contribution < -0.4 is 10.3 Å². The molecule has 0 amide bonds. The van der Waals surface area contributed by atoms with Crippen LogP contribution >= 0.6 is 0 Å². The predicted molar refractivity (Wildman–Crippen MR) is 105 cm³/mol. The van der Waals surface area contributed by atoms with Gasteiger partial charge in [-0.05, 0) is 43.0 Å². The topological polar surface area (TPSA) is 27.6 Å². The number of anilines is 2. The first-order chi connectivity index (χ1) is 11.8. The second-order valence-corrected chi connectivity index (χ2v) is 5.66. The third kappa shape index (κ3) is 3.57. The smallest absolute Gasteiger partial charge is 0.0640 e. The van der Waals surface area contributed by atoms with Gasteiger partial charge in [0.15, 0.2) is 0 Å². The Balaban J connectivity index is 1.72. The van der Waals surface area contributed by atoms with E-state index in [0.29, 0.717) is 0 Å². The van der Waals surface area contributed by atoms with Crippen LogP contribution in [-0.4, -0.2) is 19.3 Å². The van der Waals surface area contributed by atoms with Gasteiger partial charge in [-0.3, -0.25) is 5.43 Å². The fourth-order valence-corrected chi connectivity index (χ4v) is 2.86. The van der Waals surface area contributed by atoms with Crippen molar-refractivity contribution in [2.45, 2.75) is 13.8 Å². The maximum atomic E-state index is 4.39. The van der Waals surface area contributed by atoms with Crippen LogP contribution in [-0.2, 0) is 0 Å². The minimum absolute atomic E-state index is 1.02. The minimum atomic E-state index is 1.02. The van der Waals surface area contributed by atoms with Crippen LogP contribution in [0.5, 0.6) is 0 Å². The zero-order valence-corrected chi connectivity index (χ0v) is 14.2. The molecule has 24 heavy (non-hydrogen) atoms. The SMILES string of the molecule is CCN(CC)c1ccc(C=NNc2cccc3ccccc23)cc1. The van der Waals surface area contributed by atoms with Gasteiger partial charge < -0.3 is 4.90 Å². The number of rotatable bonds is 6. The van der Waals surface area contributed by atoms with Crippen molar-refractivity contribution in [1.82, 2.24) is 0 Å². The van der Waals surface area contributed by atoms with Crippen LogP contribution in [0.4, 0.5) is 11.4 Å². The first-order valence-electron chi connectivity index (χ1n) is 8.43. The molecule has 0 bridgehead atoms. The van der Waals surface area contributed by atoms with Gasteiger partial charge in [0.25, 0.3) is 0 Å². The van der Waals surface area contributed by atoms with Crippen LogP contribution in [0.2, 0.25) is 0 Å². The summed E-state index contributed by atoms with van der Waals surface area (Å²) in [6.45, 7) is 6.39. The molecule has 0 aliphatic carbocycles. The molecule has 0 aliphatic rings. The van der Waals surface area contributed by atoms with Gasteiger partial charge in [-0.25, -0.2) is 0 Å². The van der Waals surface area contributed by atoms with E-state index in [0.717, 1.165) is 24.3 Å². The first-order valence-corrected chi connectivity index (χ1v) is 8.43. The summed E-state index contributed by atoms with van der Waals surface area (Å²) in [7, 11) is 0. The van der Waals surface area contributed by atoms with Crippen molar-refractivity contribution in [2.24, 2.45) is 5.10 Å². The number of fused-ring (bicyclic) bond motifs is 1. The molecule has 3 aromatic carbocycles. The summed E-state index contributed by atoms with van der Waals surface area (Å²) in [5, 5.41) is 6.77. The van der Waals surface area contributed by atoms with Gasteiger partial charge in [0.05, 0.1) is 11.9 Å². The van der Waals surface area contributed by atoms with Gasteiger partial charge in [0.2, 0.25) is 0 Å². The highest BCUT2D eigenvalue weighted by Crippen LogP contribution is 2.22. The van der Waals surface area contributed by atoms with E-state index in [2.05, 4.69) is 71.7 Å². The molecule has 0 heterocycles. The molecule has 0 radical (unpaired) electrons. The van der Waals surface area contributed by atoms with Gasteiger partial charge in [0, 0.05) is 24.2 Å². The summed E-state index contributed by atoms with van der Waals surface area (Å²) >= 11 is 0. The molecule has 0 saturated carbocycles. The van der Waals surface area contributed by atoms with Gasteiger partial charge in [-0.1, -0.05) is 48.5 Å². The highest BCUT2D eigenvalue weighted by molar-refractivity contribution is 5.94. The number of benzene rings is 3. The minimum Gasteiger partial charge on any atom is -0.372 e. The zero-order chi connectivity index (χ0) is 16.8. The first kappa shape index (κ1) is 16.1. The normalized spacial score (nSPS) is 11.1. The van der Waals surface area contributed by atoms with Crippen LogP contribution in [0.1, 0.15) is 19.4 Å². The van der Waals surface area contributed by atoms with Crippen LogP contribution in [0, 0.1) is 0 Å². The fraction of sp³-hybridized carbons (Fsp3) is 0.190. The number of nitrogens with zero attached hydrogens (tertiary/aromatic N) is 2. The summed E-state index contributed by atoms with van der Waals surface area (Å²) in [5.41, 5.74) is 6.50. The number of hydrogen-bond donors (Lipinski definition) is 1. The van der Waals surface area contributed by atoms with Gasteiger partial charge in [-0.15, -0.1) is 0 Å². The van der Waals surface area contributed by atoms with E-state index >= 15 is 0 Å². The highest BCUT2D eigenvalue weighted by atomic mass is 15.3. The maximum absolute atomic E-state index is 4.39. The summed E-state index contributed by atoms with van der Waals surface area (Å²) in [4.78, 5) is 2.33. The van der Waals surface area contributed by atoms with Crippen molar-refractivity contribution in [1.29, 1.82) is 0 Å². The Bertz CT molecular complexity index is 813. The Morgan fingerprint density at radius 3 is 2.33 bits per heavy atom. The molecule has 0 atom stereocenters. The van der Waals surface area contributed by atoms with Gasteiger partial charge in [-0.2, -0.15) is 5.10 Å². The third-order valence-corrected chi connectivity index (χ3v) is 4.21. The van der Waals surface area contributed by atoms with Crippen molar-refractivity contribution < 1.29 is 0 Å². The lowest BCUT2D eigenvalue weighted by atomic mass is 10.1. The van der Waals surface area contributed by atoms with Crippen molar-refractivity contribution in [3.63, 3.8) is 0 Å². The quantitative estimate of drug-likeness (QED) is 0.504. The molecule has 1 N–H and O–H groups in total. The number of nitrogens with one attached hydrogen (secondary N) is 1. The maximum Gasteiger partial charge on any atom is 0.0640 e. The summed E-state index contributed by atoms with van der Waals surface area (Å²) in [6.07, 6.45) is 1.85.